The van der Waals surface area contributed by atoms with Crippen LogP contribution in [-0.2, 0) is 6.42 Å². The van der Waals surface area contributed by atoms with Crippen LogP contribution in [0.3, 0.4) is 0 Å². The highest BCUT2D eigenvalue weighted by molar-refractivity contribution is 6.31. The van der Waals surface area contributed by atoms with Gasteiger partial charge in [-0.3, -0.25) is 0 Å². The van der Waals surface area contributed by atoms with Crippen molar-refractivity contribution in [2.75, 3.05) is 6.54 Å². The molecule has 1 N–H and O–H groups in total. The van der Waals surface area contributed by atoms with Crippen LogP contribution in [0.25, 0.3) is 0 Å². The van der Waals surface area contributed by atoms with Gasteiger partial charge >= 0.3 is 0 Å². The quantitative estimate of drug-likeness (QED) is 0.729. The highest BCUT2D eigenvalue weighted by atomic mass is 35.5. The maximum absolute atomic E-state index is 6.36. The van der Waals surface area contributed by atoms with Gasteiger partial charge in [0, 0.05) is 11.1 Å². The number of halogens is 1. The average Bonchev–Trinajstić information content (AvgIpc) is 2.50. The number of nitrogens with one attached hydrogen (secondary N) is 1. The summed E-state index contributed by atoms with van der Waals surface area (Å²) >= 11 is 6.36. The minimum atomic E-state index is 0.319. The molecule has 21 heavy (non-hydrogen) atoms. The standard InChI is InChI=1S/C19H24ClN/c1-3-14-21-19(17-6-4-5-7-18(17)20)13-12-16-10-8-15(2)9-11-16/h4-11,19,21H,3,12-14H2,1-2H3. The van der Waals surface area contributed by atoms with Crippen LogP contribution in [0, 0.1) is 6.92 Å². The molecule has 1 nitrogen and oxygen atoms in total. The zero-order chi connectivity index (χ0) is 15.1. The van der Waals surface area contributed by atoms with E-state index < -0.39 is 0 Å². The van der Waals surface area contributed by atoms with Crippen molar-refractivity contribution in [3.8, 4) is 0 Å². The van der Waals surface area contributed by atoms with E-state index in [1.54, 1.807) is 0 Å². The Morgan fingerprint density at radius 2 is 1.76 bits per heavy atom. The SMILES string of the molecule is CCCNC(CCc1ccc(C)cc1)c1ccccc1Cl. The Morgan fingerprint density at radius 3 is 2.43 bits per heavy atom. The molecular weight excluding hydrogens is 278 g/mol. The molecule has 2 heteroatoms. The number of rotatable bonds is 7. The molecule has 0 heterocycles. The molecule has 0 amide bonds. The van der Waals surface area contributed by atoms with E-state index in [1.165, 1.54) is 16.7 Å². The fourth-order valence-electron chi connectivity index (χ4n) is 2.51. The summed E-state index contributed by atoms with van der Waals surface area (Å²) in [6.07, 6.45) is 3.26. The molecule has 0 radical (unpaired) electrons. The van der Waals surface area contributed by atoms with Crippen LogP contribution in [0.2, 0.25) is 5.02 Å². The lowest BCUT2D eigenvalue weighted by Crippen LogP contribution is -2.23. The highest BCUT2D eigenvalue weighted by Gasteiger charge is 2.13. The van der Waals surface area contributed by atoms with Crippen LogP contribution >= 0.6 is 11.6 Å². The van der Waals surface area contributed by atoms with E-state index in [0.717, 1.165) is 30.8 Å². The van der Waals surface area contributed by atoms with Crippen molar-refractivity contribution in [1.29, 1.82) is 0 Å². The van der Waals surface area contributed by atoms with Gasteiger partial charge < -0.3 is 5.32 Å². The second kappa shape index (κ2) is 8.21. The van der Waals surface area contributed by atoms with Crippen molar-refractivity contribution < 1.29 is 0 Å². The first-order chi connectivity index (χ1) is 10.2. The van der Waals surface area contributed by atoms with Crippen molar-refractivity contribution in [2.45, 2.75) is 39.2 Å². The molecular formula is C19H24ClN. The summed E-state index contributed by atoms with van der Waals surface area (Å²) in [6.45, 7) is 5.33. The number of aryl methyl sites for hydroxylation is 2. The van der Waals surface area contributed by atoms with Crippen LogP contribution in [0.1, 0.15) is 42.5 Å². The number of hydrogen-bond donors (Lipinski definition) is 1. The van der Waals surface area contributed by atoms with Gasteiger partial charge in [-0.1, -0.05) is 66.6 Å². The van der Waals surface area contributed by atoms with Crippen molar-refractivity contribution in [3.63, 3.8) is 0 Å². The van der Waals surface area contributed by atoms with Gasteiger partial charge in [0.05, 0.1) is 0 Å². The minimum Gasteiger partial charge on any atom is -0.310 e. The Hall–Kier alpha value is -1.31. The highest BCUT2D eigenvalue weighted by Crippen LogP contribution is 2.26. The Labute approximate surface area is 133 Å². The first kappa shape index (κ1) is 16.1. The van der Waals surface area contributed by atoms with E-state index in [2.05, 4.69) is 55.6 Å². The summed E-state index contributed by atoms with van der Waals surface area (Å²) in [5.74, 6) is 0. The fourth-order valence-corrected chi connectivity index (χ4v) is 2.78. The van der Waals surface area contributed by atoms with Crippen molar-refractivity contribution >= 4 is 11.6 Å². The zero-order valence-electron chi connectivity index (χ0n) is 12.9. The molecule has 2 aromatic carbocycles. The van der Waals surface area contributed by atoms with Crippen molar-refractivity contribution in [2.24, 2.45) is 0 Å². The van der Waals surface area contributed by atoms with Gasteiger partial charge in [0.15, 0.2) is 0 Å². The zero-order valence-corrected chi connectivity index (χ0v) is 13.7. The predicted octanol–water partition coefficient (Wildman–Crippen LogP) is 5.32. The van der Waals surface area contributed by atoms with E-state index in [9.17, 15) is 0 Å². The summed E-state index contributed by atoms with van der Waals surface area (Å²) in [7, 11) is 0. The van der Waals surface area contributed by atoms with Gasteiger partial charge in [0.2, 0.25) is 0 Å². The Bertz CT molecular complexity index is 548. The lowest BCUT2D eigenvalue weighted by molar-refractivity contribution is 0.499. The van der Waals surface area contributed by atoms with Crippen LogP contribution < -0.4 is 5.32 Å². The molecule has 0 fully saturated rings. The molecule has 0 aliphatic carbocycles. The molecule has 0 aromatic heterocycles. The predicted molar refractivity (Wildman–Crippen MR) is 92.0 cm³/mol. The largest absolute Gasteiger partial charge is 0.310 e. The van der Waals surface area contributed by atoms with E-state index in [4.69, 9.17) is 11.6 Å². The van der Waals surface area contributed by atoms with Gasteiger partial charge in [0.25, 0.3) is 0 Å². The molecule has 2 rings (SSSR count). The molecule has 0 saturated carbocycles. The molecule has 0 saturated heterocycles. The van der Waals surface area contributed by atoms with E-state index in [-0.39, 0.29) is 0 Å². The van der Waals surface area contributed by atoms with Gasteiger partial charge in [-0.2, -0.15) is 0 Å². The Balaban J connectivity index is 2.06. The second-order valence-corrected chi connectivity index (χ2v) is 5.96. The van der Waals surface area contributed by atoms with Crippen LogP contribution in [-0.4, -0.2) is 6.54 Å². The maximum Gasteiger partial charge on any atom is 0.0453 e. The van der Waals surface area contributed by atoms with E-state index in [1.807, 2.05) is 12.1 Å². The smallest absolute Gasteiger partial charge is 0.0453 e. The van der Waals surface area contributed by atoms with Crippen LogP contribution in [0.4, 0.5) is 0 Å². The molecule has 0 aliphatic rings. The number of hydrogen-bond acceptors (Lipinski definition) is 1. The van der Waals surface area contributed by atoms with Gasteiger partial charge in [-0.25, -0.2) is 0 Å². The third-order valence-electron chi connectivity index (χ3n) is 3.76. The fraction of sp³-hybridized carbons (Fsp3) is 0.368. The van der Waals surface area contributed by atoms with Crippen molar-refractivity contribution in [3.05, 3.63) is 70.2 Å². The van der Waals surface area contributed by atoms with Gasteiger partial charge in [-0.05, 0) is 49.9 Å². The monoisotopic (exact) mass is 301 g/mol. The summed E-state index contributed by atoms with van der Waals surface area (Å²) in [5.41, 5.74) is 3.90. The Kier molecular flexibility index (Phi) is 6.28. The summed E-state index contributed by atoms with van der Waals surface area (Å²) in [6, 6.07) is 17.3. The summed E-state index contributed by atoms with van der Waals surface area (Å²) < 4.78 is 0. The molecule has 1 unspecified atom stereocenters. The van der Waals surface area contributed by atoms with Crippen LogP contribution in [0.15, 0.2) is 48.5 Å². The lowest BCUT2D eigenvalue weighted by atomic mass is 9.98. The number of benzene rings is 2. The molecule has 0 spiro atoms. The first-order valence-corrected chi connectivity index (χ1v) is 8.12. The average molecular weight is 302 g/mol. The first-order valence-electron chi connectivity index (χ1n) is 7.74. The van der Waals surface area contributed by atoms with Gasteiger partial charge in [-0.15, -0.1) is 0 Å². The molecule has 2 aromatic rings. The van der Waals surface area contributed by atoms with Crippen molar-refractivity contribution in [1.82, 2.24) is 5.32 Å². The van der Waals surface area contributed by atoms with Crippen LogP contribution in [0.5, 0.6) is 0 Å². The third kappa shape index (κ3) is 4.87. The third-order valence-corrected chi connectivity index (χ3v) is 4.11. The van der Waals surface area contributed by atoms with Gasteiger partial charge in [0.1, 0.15) is 0 Å². The normalized spacial score (nSPS) is 12.3. The lowest BCUT2D eigenvalue weighted by Gasteiger charge is -2.20. The maximum atomic E-state index is 6.36. The summed E-state index contributed by atoms with van der Waals surface area (Å²) in [5, 5.41) is 4.48. The minimum absolute atomic E-state index is 0.319. The molecule has 0 bridgehead atoms. The topological polar surface area (TPSA) is 12.0 Å². The second-order valence-electron chi connectivity index (χ2n) is 5.55. The molecule has 112 valence electrons. The summed E-state index contributed by atoms with van der Waals surface area (Å²) in [4.78, 5) is 0. The van der Waals surface area contributed by atoms with E-state index in [0.29, 0.717) is 6.04 Å². The molecule has 0 aliphatic heterocycles. The van der Waals surface area contributed by atoms with E-state index >= 15 is 0 Å². The molecule has 1 atom stereocenters. The Morgan fingerprint density at radius 1 is 1.05 bits per heavy atom.